The second-order valence-electron chi connectivity index (χ2n) is 9.41. The van der Waals surface area contributed by atoms with Gasteiger partial charge in [0.1, 0.15) is 5.69 Å². The zero-order valence-electron chi connectivity index (χ0n) is 18.9. The molecule has 1 aromatic heterocycles. The van der Waals surface area contributed by atoms with Gasteiger partial charge in [-0.1, -0.05) is 35.9 Å². The molecule has 4 aromatic rings. The summed E-state index contributed by atoms with van der Waals surface area (Å²) in [6, 6.07) is 16.2. The van der Waals surface area contributed by atoms with E-state index < -0.39 is 0 Å². The molecule has 2 aliphatic carbocycles. The molecular formula is C29H27N2+. The van der Waals surface area contributed by atoms with Crippen LogP contribution in [-0.4, -0.2) is 4.98 Å². The normalized spacial score (nSPS) is 13.1. The molecule has 0 saturated carbocycles. The molecule has 0 spiro atoms. The number of benzene rings is 3. The standard InChI is InChI=1S/C29H27N2/c1-16-9-18(3)19(4)24(10-16)29-27-13-21-11-20-12-23-17(2)7-6-8-22(23)25(20)14-26(21)28(27)30-15-31(29)5/h6-11,14-15H,12-13H2,1-5H3/q+1. The molecule has 0 radical (unpaired) electrons. The van der Waals surface area contributed by atoms with Crippen molar-refractivity contribution in [2.45, 2.75) is 40.5 Å². The molecule has 152 valence electrons. The number of aromatic nitrogens is 2. The van der Waals surface area contributed by atoms with E-state index in [0.717, 1.165) is 18.5 Å². The minimum atomic E-state index is 0.955. The van der Waals surface area contributed by atoms with Gasteiger partial charge in [-0.2, -0.15) is 0 Å². The van der Waals surface area contributed by atoms with Crippen molar-refractivity contribution < 1.29 is 4.57 Å². The first-order valence-electron chi connectivity index (χ1n) is 11.1. The van der Waals surface area contributed by atoms with E-state index in [2.05, 4.69) is 81.8 Å². The van der Waals surface area contributed by atoms with E-state index in [1.165, 1.54) is 72.5 Å². The molecule has 0 saturated heterocycles. The number of hydrogen-bond donors (Lipinski definition) is 0. The monoisotopic (exact) mass is 403 g/mol. The van der Waals surface area contributed by atoms with Gasteiger partial charge in [0.05, 0.1) is 12.6 Å². The van der Waals surface area contributed by atoms with Gasteiger partial charge in [0.15, 0.2) is 5.69 Å². The summed E-state index contributed by atoms with van der Waals surface area (Å²) in [7, 11) is 2.13. The Morgan fingerprint density at radius 1 is 0.742 bits per heavy atom. The summed E-state index contributed by atoms with van der Waals surface area (Å²) in [6.07, 6.45) is 3.99. The van der Waals surface area contributed by atoms with Gasteiger partial charge in [-0.05, 0) is 95.7 Å². The van der Waals surface area contributed by atoms with Crippen LogP contribution in [0.2, 0.25) is 0 Å². The largest absolute Gasteiger partial charge is 0.287 e. The molecule has 31 heavy (non-hydrogen) atoms. The van der Waals surface area contributed by atoms with Crippen LogP contribution in [0.1, 0.15) is 44.5 Å². The fourth-order valence-corrected chi connectivity index (χ4v) is 5.67. The minimum absolute atomic E-state index is 0.955. The Bertz CT molecular complexity index is 1430. The number of hydrogen-bond acceptors (Lipinski definition) is 1. The lowest BCUT2D eigenvalue weighted by molar-refractivity contribution is -0.663. The van der Waals surface area contributed by atoms with Crippen molar-refractivity contribution in [3.05, 3.63) is 93.3 Å². The van der Waals surface area contributed by atoms with Crippen molar-refractivity contribution in [3.8, 4) is 33.6 Å². The van der Waals surface area contributed by atoms with E-state index in [1.807, 2.05) is 6.33 Å². The van der Waals surface area contributed by atoms with Crippen LogP contribution in [0.5, 0.6) is 0 Å². The Hall–Kier alpha value is -3.26. The van der Waals surface area contributed by atoms with Gasteiger partial charge in [-0.3, -0.25) is 0 Å². The first-order chi connectivity index (χ1) is 14.9. The average molecular weight is 404 g/mol. The summed E-state index contributed by atoms with van der Waals surface area (Å²) < 4.78 is 2.21. The lowest BCUT2D eigenvalue weighted by atomic mass is 9.94. The van der Waals surface area contributed by atoms with Crippen LogP contribution in [0, 0.1) is 27.7 Å². The summed E-state index contributed by atoms with van der Waals surface area (Å²) in [6.45, 7) is 8.88. The van der Waals surface area contributed by atoms with Crippen molar-refractivity contribution in [1.82, 2.24) is 4.98 Å². The molecule has 0 N–H and O–H groups in total. The van der Waals surface area contributed by atoms with Crippen LogP contribution in [0.4, 0.5) is 0 Å². The molecule has 6 rings (SSSR count). The van der Waals surface area contributed by atoms with Gasteiger partial charge < -0.3 is 0 Å². The Morgan fingerprint density at radius 2 is 1.52 bits per heavy atom. The maximum Gasteiger partial charge on any atom is 0.287 e. The second kappa shape index (κ2) is 6.37. The van der Waals surface area contributed by atoms with E-state index >= 15 is 0 Å². The predicted molar refractivity (Wildman–Crippen MR) is 126 cm³/mol. The summed E-state index contributed by atoms with van der Waals surface area (Å²) in [4.78, 5) is 4.92. The Labute approximate surface area is 184 Å². The van der Waals surface area contributed by atoms with Crippen molar-refractivity contribution >= 4 is 0 Å². The molecule has 0 aliphatic heterocycles. The van der Waals surface area contributed by atoms with E-state index in [4.69, 9.17) is 4.98 Å². The molecule has 0 atom stereocenters. The Morgan fingerprint density at radius 3 is 2.35 bits per heavy atom. The molecule has 2 nitrogen and oxygen atoms in total. The third kappa shape index (κ3) is 2.57. The van der Waals surface area contributed by atoms with Gasteiger partial charge in [-0.15, -0.1) is 0 Å². The smallest absolute Gasteiger partial charge is 0.232 e. The quantitative estimate of drug-likeness (QED) is 0.310. The summed E-state index contributed by atoms with van der Waals surface area (Å²) in [5.74, 6) is 0. The molecule has 1 heterocycles. The third-order valence-electron chi connectivity index (χ3n) is 7.37. The fraction of sp³-hybridized carbons (Fsp3) is 0.241. The number of fused-ring (bicyclic) bond motifs is 6. The SMILES string of the molecule is Cc1cc(C)c(C)c(-c2c3c(nc[n+]2C)-c2cc4c(cc2C3)Cc2c(C)cccc2-4)c1. The highest BCUT2D eigenvalue weighted by atomic mass is 15.0. The highest BCUT2D eigenvalue weighted by Crippen LogP contribution is 2.46. The first-order valence-corrected chi connectivity index (χ1v) is 11.1. The zero-order chi connectivity index (χ0) is 21.4. The lowest BCUT2D eigenvalue weighted by Gasteiger charge is -2.13. The first kappa shape index (κ1) is 18.5. The molecule has 0 fully saturated rings. The minimum Gasteiger partial charge on any atom is -0.232 e. The molecule has 0 amide bonds. The van der Waals surface area contributed by atoms with Crippen molar-refractivity contribution in [3.63, 3.8) is 0 Å². The van der Waals surface area contributed by atoms with Gasteiger partial charge >= 0.3 is 0 Å². The van der Waals surface area contributed by atoms with E-state index in [0.29, 0.717) is 0 Å². The van der Waals surface area contributed by atoms with E-state index in [1.54, 1.807) is 0 Å². The van der Waals surface area contributed by atoms with E-state index in [9.17, 15) is 0 Å². The highest BCUT2D eigenvalue weighted by Gasteiger charge is 2.33. The van der Waals surface area contributed by atoms with Crippen LogP contribution in [0.25, 0.3) is 33.6 Å². The Kier molecular flexibility index (Phi) is 3.80. The molecular weight excluding hydrogens is 376 g/mol. The van der Waals surface area contributed by atoms with Gasteiger partial charge in [0, 0.05) is 17.5 Å². The van der Waals surface area contributed by atoms with Gasteiger partial charge in [-0.25, -0.2) is 4.57 Å². The molecule has 0 unspecified atom stereocenters. The van der Waals surface area contributed by atoms with Crippen LogP contribution in [-0.2, 0) is 19.9 Å². The Balaban J connectivity index is 1.57. The third-order valence-corrected chi connectivity index (χ3v) is 7.37. The van der Waals surface area contributed by atoms with Gasteiger partial charge in [0.25, 0.3) is 6.33 Å². The highest BCUT2D eigenvalue weighted by molar-refractivity contribution is 5.87. The van der Waals surface area contributed by atoms with E-state index in [-0.39, 0.29) is 0 Å². The maximum absolute atomic E-state index is 4.92. The molecule has 2 heteroatoms. The van der Waals surface area contributed by atoms with Crippen molar-refractivity contribution in [2.75, 3.05) is 0 Å². The number of nitrogens with zero attached hydrogens (tertiary/aromatic N) is 2. The fourth-order valence-electron chi connectivity index (χ4n) is 5.67. The maximum atomic E-state index is 4.92. The molecule has 0 bridgehead atoms. The predicted octanol–water partition coefficient (Wildman–Crippen LogP) is 5.95. The summed E-state index contributed by atoms with van der Waals surface area (Å²) >= 11 is 0. The summed E-state index contributed by atoms with van der Waals surface area (Å²) in [5.41, 5.74) is 19.0. The lowest BCUT2D eigenvalue weighted by Crippen LogP contribution is -2.33. The molecule has 3 aromatic carbocycles. The average Bonchev–Trinajstić information content (AvgIpc) is 3.27. The molecule has 2 aliphatic rings. The van der Waals surface area contributed by atoms with Crippen LogP contribution < -0.4 is 4.57 Å². The second-order valence-corrected chi connectivity index (χ2v) is 9.41. The number of aryl methyl sites for hydroxylation is 4. The number of rotatable bonds is 1. The van der Waals surface area contributed by atoms with Crippen molar-refractivity contribution in [1.29, 1.82) is 0 Å². The van der Waals surface area contributed by atoms with Crippen LogP contribution in [0.15, 0.2) is 48.8 Å². The topological polar surface area (TPSA) is 16.8 Å². The summed E-state index contributed by atoms with van der Waals surface area (Å²) in [5, 5.41) is 0. The zero-order valence-corrected chi connectivity index (χ0v) is 18.9. The van der Waals surface area contributed by atoms with Crippen LogP contribution >= 0.6 is 0 Å². The van der Waals surface area contributed by atoms with Crippen LogP contribution in [0.3, 0.4) is 0 Å². The van der Waals surface area contributed by atoms with Gasteiger partial charge in [0.2, 0.25) is 0 Å². The van der Waals surface area contributed by atoms with Crippen molar-refractivity contribution in [2.24, 2.45) is 7.05 Å².